The SMILES string of the molecule is CCCCC(CCC)CCCCC(CCOCCC(CCCCC(CCC)CCCC)CC(O)=S)CC(O)=S. The van der Waals surface area contributed by atoms with Gasteiger partial charge in [0, 0.05) is 26.1 Å². The molecule has 0 spiro atoms. The van der Waals surface area contributed by atoms with Crippen LogP contribution in [0.4, 0.5) is 0 Å². The molecule has 0 rings (SSSR count). The maximum absolute atomic E-state index is 9.76. The quantitative estimate of drug-likeness (QED) is 0.0647. The van der Waals surface area contributed by atoms with Crippen molar-refractivity contribution in [3.63, 3.8) is 0 Å². The Hall–Kier alpha value is -0.260. The van der Waals surface area contributed by atoms with Crippen LogP contribution < -0.4 is 0 Å². The van der Waals surface area contributed by atoms with Crippen LogP contribution in [-0.2, 0) is 4.74 Å². The fraction of sp³-hybridized carbons (Fsp3) is 0.941. The minimum absolute atomic E-state index is 0.138. The van der Waals surface area contributed by atoms with Crippen molar-refractivity contribution in [3.8, 4) is 0 Å². The number of aliphatic hydroxyl groups excluding tert-OH is 2. The zero-order valence-electron chi connectivity index (χ0n) is 26.4. The van der Waals surface area contributed by atoms with E-state index in [9.17, 15) is 10.2 Å². The van der Waals surface area contributed by atoms with E-state index in [1.807, 2.05) is 0 Å². The zero-order valence-corrected chi connectivity index (χ0v) is 28.0. The lowest BCUT2D eigenvalue weighted by Gasteiger charge is -2.19. The van der Waals surface area contributed by atoms with Gasteiger partial charge in [0.15, 0.2) is 10.1 Å². The van der Waals surface area contributed by atoms with Crippen LogP contribution in [0.2, 0.25) is 0 Å². The zero-order chi connectivity index (χ0) is 29.1. The number of thiocarbonyl (C=S) groups is 2. The van der Waals surface area contributed by atoms with Gasteiger partial charge in [0.25, 0.3) is 0 Å². The summed E-state index contributed by atoms with van der Waals surface area (Å²) in [6.45, 7) is 10.6. The van der Waals surface area contributed by atoms with Crippen LogP contribution >= 0.6 is 24.4 Å². The molecule has 0 aliphatic heterocycles. The molecular formula is C34H66O3S2. The van der Waals surface area contributed by atoms with E-state index in [-0.39, 0.29) is 10.1 Å². The van der Waals surface area contributed by atoms with Gasteiger partial charge in [-0.1, -0.05) is 130 Å². The van der Waals surface area contributed by atoms with E-state index in [0.29, 0.717) is 37.9 Å². The third-order valence-corrected chi connectivity index (χ3v) is 8.88. The summed E-state index contributed by atoms with van der Waals surface area (Å²) in [6.07, 6.45) is 26.4. The van der Waals surface area contributed by atoms with Crippen molar-refractivity contribution in [2.24, 2.45) is 23.7 Å². The maximum atomic E-state index is 9.76. The molecule has 232 valence electrons. The maximum Gasteiger partial charge on any atom is 0.156 e. The summed E-state index contributed by atoms with van der Waals surface area (Å²) in [4.78, 5) is 0. The average Bonchev–Trinajstić information content (AvgIpc) is 2.89. The molecule has 0 bridgehead atoms. The van der Waals surface area contributed by atoms with Crippen molar-refractivity contribution in [2.45, 2.75) is 169 Å². The third-order valence-electron chi connectivity index (χ3n) is 8.54. The number of aliphatic hydroxyl groups is 2. The van der Waals surface area contributed by atoms with E-state index in [1.165, 1.54) is 103 Å². The van der Waals surface area contributed by atoms with E-state index >= 15 is 0 Å². The first-order valence-corrected chi connectivity index (χ1v) is 17.7. The molecule has 5 heteroatoms. The van der Waals surface area contributed by atoms with Crippen LogP contribution in [0, 0.1) is 23.7 Å². The Morgan fingerprint density at radius 1 is 0.462 bits per heavy atom. The number of hydrogen-bond donors (Lipinski definition) is 2. The third kappa shape index (κ3) is 25.2. The molecular weight excluding hydrogens is 521 g/mol. The number of hydrogen-bond acceptors (Lipinski definition) is 3. The molecule has 0 saturated carbocycles. The van der Waals surface area contributed by atoms with Gasteiger partial charge < -0.3 is 14.9 Å². The molecule has 0 aromatic rings. The van der Waals surface area contributed by atoms with Crippen LogP contribution in [0.15, 0.2) is 0 Å². The molecule has 0 aromatic heterocycles. The highest BCUT2D eigenvalue weighted by Gasteiger charge is 2.15. The lowest BCUT2D eigenvalue weighted by Crippen LogP contribution is -2.13. The van der Waals surface area contributed by atoms with E-state index < -0.39 is 0 Å². The first kappa shape index (κ1) is 38.7. The van der Waals surface area contributed by atoms with E-state index in [0.717, 1.165) is 37.5 Å². The molecule has 0 aromatic carbocycles. The van der Waals surface area contributed by atoms with Gasteiger partial charge in [-0.05, 0) is 73.8 Å². The standard InChI is InChI=1S/C34H66O3S2/c1-5-9-17-29(15-7-3)19-11-13-21-31(27-33(35)38)23-25-37-26-24-32(28-34(36)39)22-14-12-20-30(16-8-4)18-10-6-2/h29-32H,5-28H2,1-4H3,(H,35,38)(H,36,39). The van der Waals surface area contributed by atoms with Crippen molar-refractivity contribution in [1.82, 2.24) is 0 Å². The largest absolute Gasteiger partial charge is 0.502 e. The Kier molecular flexibility index (Phi) is 27.7. The Balaban J connectivity index is 4.35. The highest BCUT2D eigenvalue weighted by Crippen LogP contribution is 2.26. The lowest BCUT2D eigenvalue weighted by atomic mass is 9.89. The Morgan fingerprint density at radius 3 is 1.10 bits per heavy atom. The fourth-order valence-corrected chi connectivity index (χ4v) is 6.66. The van der Waals surface area contributed by atoms with Gasteiger partial charge in [-0.15, -0.1) is 0 Å². The molecule has 4 unspecified atom stereocenters. The van der Waals surface area contributed by atoms with Crippen molar-refractivity contribution in [3.05, 3.63) is 0 Å². The first-order chi connectivity index (χ1) is 18.9. The van der Waals surface area contributed by atoms with E-state index in [2.05, 4.69) is 27.7 Å². The van der Waals surface area contributed by atoms with Gasteiger partial charge in [0.1, 0.15) is 0 Å². The highest BCUT2D eigenvalue weighted by atomic mass is 32.1. The molecule has 0 radical (unpaired) electrons. The summed E-state index contributed by atoms with van der Waals surface area (Å²) in [5.74, 6) is 2.59. The highest BCUT2D eigenvalue weighted by molar-refractivity contribution is 7.80. The summed E-state index contributed by atoms with van der Waals surface area (Å²) in [5.41, 5.74) is 0. The van der Waals surface area contributed by atoms with Crippen molar-refractivity contribution in [1.29, 1.82) is 0 Å². The van der Waals surface area contributed by atoms with Gasteiger partial charge in [-0.2, -0.15) is 0 Å². The molecule has 0 aliphatic rings. The molecule has 0 amide bonds. The molecule has 2 N–H and O–H groups in total. The molecule has 3 nitrogen and oxygen atoms in total. The second-order valence-corrected chi connectivity index (χ2v) is 13.2. The summed E-state index contributed by atoms with van der Waals surface area (Å²) in [5, 5.41) is 19.8. The van der Waals surface area contributed by atoms with Crippen LogP contribution in [0.25, 0.3) is 0 Å². The summed E-state index contributed by atoms with van der Waals surface area (Å²) < 4.78 is 6.05. The Labute approximate surface area is 254 Å². The van der Waals surface area contributed by atoms with Gasteiger partial charge in [-0.3, -0.25) is 0 Å². The van der Waals surface area contributed by atoms with Gasteiger partial charge in [-0.25, -0.2) is 0 Å². The second kappa shape index (κ2) is 27.9. The summed E-state index contributed by atoms with van der Waals surface area (Å²) >= 11 is 10.1. The summed E-state index contributed by atoms with van der Waals surface area (Å²) in [6, 6.07) is 0. The van der Waals surface area contributed by atoms with Gasteiger partial charge in [0.2, 0.25) is 0 Å². The predicted octanol–water partition coefficient (Wildman–Crippen LogP) is 11.9. The van der Waals surface area contributed by atoms with Gasteiger partial charge in [0.05, 0.1) is 0 Å². The summed E-state index contributed by atoms with van der Waals surface area (Å²) in [7, 11) is 0. The van der Waals surface area contributed by atoms with Crippen molar-refractivity contribution < 1.29 is 14.9 Å². The number of unbranched alkanes of at least 4 members (excludes halogenated alkanes) is 4. The first-order valence-electron chi connectivity index (χ1n) is 16.9. The molecule has 0 aliphatic carbocycles. The molecule has 4 atom stereocenters. The van der Waals surface area contributed by atoms with Crippen LogP contribution in [0.5, 0.6) is 0 Å². The average molecular weight is 587 g/mol. The topological polar surface area (TPSA) is 49.7 Å². The molecule has 0 fully saturated rings. The van der Waals surface area contributed by atoms with Crippen LogP contribution in [0.1, 0.15) is 169 Å². The number of ether oxygens (including phenoxy) is 1. The van der Waals surface area contributed by atoms with Crippen molar-refractivity contribution in [2.75, 3.05) is 13.2 Å². The van der Waals surface area contributed by atoms with Crippen LogP contribution in [0.3, 0.4) is 0 Å². The van der Waals surface area contributed by atoms with E-state index in [1.54, 1.807) is 0 Å². The molecule has 0 heterocycles. The van der Waals surface area contributed by atoms with Crippen LogP contribution in [-0.4, -0.2) is 33.5 Å². The fourth-order valence-electron chi connectivity index (χ4n) is 6.19. The second-order valence-electron chi connectivity index (χ2n) is 12.3. The smallest absolute Gasteiger partial charge is 0.156 e. The predicted molar refractivity (Wildman–Crippen MR) is 180 cm³/mol. The van der Waals surface area contributed by atoms with E-state index in [4.69, 9.17) is 29.2 Å². The van der Waals surface area contributed by atoms with Crippen molar-refractivity contribution >= 4 is 34.5 Å². The lowest BCUT2D eigenvalue weighted by molar-refractivity contribution is 0.105. The molecule has 0 saturated heterocycles. The normalized spacial score (nSPS) is 14.7. The van der Waals surface area contributed by atoms with Gasteiger partial charge >= 0.3 is 0 Å². The minimum atomic E-state index is 0.138. The Morgan fingerprint density at radius 2 is 0.795 bits per heavy atom. The number of rotatable bonds is 30. The molecule has 39 heavy (non-hydrogen) atoms. The Bertz CT molecular complexity index is 521. The monoisotopic (exact) mass is 586 g/mol. The minimum Gasteiger partial charge on any atom is -0.502 e.